The second-order valence-corrected chi connectivity index (χ2v) is 6.28. The lowest BCUT2D eigenvalue weighted by atomic mass is 10.1. The molecule has 0 saturated heterocycles. The van der Waals surface area contributed by atoms with Crippen molar-refractivity contribution in [3.63, 3.8) is 0 Å². The maximum atomic E-state index is 12.5. The Hall–Kier alpha value is -2.87. The molecular formula is C17H19N7O. The van der Waals surface area contributed by atoms with Crippen molar-refractivity contribution in [1.82, 2.24) is 34.4 Å². The number of fused-ring (bicyclic) bond motifs is 1. The Bertz CT molecular complexity index is 961. The molecule has 1 aliphatic heterocycles. The Morgan fingerprint density at radius 3 is 2.76 bits per heavy atom. The van der Waals surface area contributed by atoms with Crippen molar-refractivity contribution in [1.29, 1.82) is 0 Å². The van der Waals surface area contributed by atoms with Gasteiger partial charge in [-0.15, -0.1) is 0 Å². The Kier molecular flexibility index (Phi) is 3.89. The minimum atomic E-state index is -0.0882. The van der Waals surface area contributed by atoms with Crippen molar-refractivity contribution in [2.45, 2.75) is 26.4 Å². The number of hydrogen-bond acceptors (Lipinski definition) is 6. The van der Waals surface area contributed by atoms with Crippen molar-refractivity contribution >= 4 is 0 Å². The van der Waals surface area contributed by atoms with Crippen LogP contribution < -0.4 is 5.56 Å². The summed E-state index contributed by atoms with van der Waals surface area (Å²) in [5.74, 6) is 1.52. The van der Waals surface area contributed by atoms with Crippen LogP contribution in [0.25, 0.3) is 11.4 Å². The molecule has 3 aromatic rings. The van der Waals surface area contributed by atoms with Gasteiger partial charge in [0.05, 0.1) is 22.5 Å². The number of nitrogens with zero attached hydrogens (tertiary/aromatic N) is 6. The molecular weight excluding hydrogens is 318 g/mol. The molecule has 0 amide bonds. The van der Waals surface area contributed by atoms with Crippen molar-refractivity contribution in [3.8, 4) is 11.4 Å². The molecule has 0 atom stereocenters. The Morgan fingerprint density at radius 1 is 1.24 bits per heavy atom. The normalized spacial score (nSPS) is 14.5. The third-order valence-electron chi connectivity index (χ3n) is 4.68. The predicted molar refractivity (Wildman–Crippen MR) is 91.6 cm³/mol. The third-order valence-corrected chi connectivity index (χ3v) is 4.68. The summed E-state index contributed by atoms with van der Waals surface area (Å²) in [4.78, 5) is 34.6. The fraction of sp³-hybridized carbons (Fsp3) is 0.353. The van der Waals surface area contributed by atoms with Gasteiger partial charge in [0.2, 0.25) is 0 Å². The van der Waals surface area contributed by atoms with Crippen LogP contribution in [0.2, 0.25) is 0 Å². The molecule has 128 valence electrons. The summed E-state index contributed by atoms with van der Waals surface area (Å²) in [6, 6.07) is 0. The van der Waals surface area contributed by atoms with Crippen LogP contribution in [-0.2, 0) is 26.6 Å². The molecule has 25 heavy (non-hydrogen) atoms. The molecule has 1 aliphatic rings. The SMILES string of the molecule is Cc1ncc(CN2CCc3nc(-c4cncnc4)[nH]c(=O)c3C2)n1C. The number of H-pyrrole nitrogens is 1. The zero-order valence-corrected chi connectivity index (χ0v) is 14.2. The second kappa shape index (κ2) is 6.21. The lowest BCUT2D eigenvalue weighted by Gasteiger charge is -2.27. The highest BCUT2D eigenvalue weighted by Crippen LogP contribution is 2.19. The van der Waals surface area contributed by atoms with E-state index in [1.54, 1.807) is 12.4 Å². The molecule has 0 spiro atoms. The molecule has 1 N–H and O–H groups in total. The van der Waals surface area contributed by atoms with E-state index in [0.29, 0.717) is 12.4 Å². The summed E-state index contributed by atoms with van der Waals surface area (Å²) in [5, 5.41) is 0. The second-order valence-electron chi connectivity index (χ2n) is 6.28. The topological polar surface area (TPSA) is 92.6 Å². The van der Waals surface area contributed by atoms with Gasteiger partial charge in [-0.25, -0.2) is 19.9 Å². The van der Waals surface area contributed by atoms with Crippen molar-refractivity contribution < 1.29 is 0 Å². The minimum absolute atomic E-state index is 0.0882. The number of nitrogens with one attached hydrogen (secondary N) is 1. The zero-order chi connectivity index (χ0) is 17.4. The van der Waals surface area contributed by atoms with Gasteiger partial charge in [0.15, 0.2) is 0 Å². The quantitative estimate of drug-likeness (QED) is 0.761. The maximum Gasteiger partial charge on any atom is 0.255 e. The van der Waals surface area contributed by atoms with Gasteiger partial charge in [0.1, 0.15) is 18.0 Å². The summed E-state index contributed by atoms with van der Waals surface area (Å²) in [5.41, 5.74) is 3.37. The highest BCUT2D eigenvalue weighted by Gasteiger charge is 2.22. The molecule has 0 saturated carbocycles. The van der Waals surface area contributed by atoms with E-state index >= 15 is 0 Å². The van der Waals surface area contributed by atoms with Crippen LogP contribution in [0.15, 0.2) is 29.7 Å². The first-order valence-corrected chi connectivity index (χ1v) is 8.19. The molecule has 4 heterocycles. The molecule has 8 heteroatoms. The van der Waals surface area contributed by atoms with Crippen molar-refractivity contribution in [2.75, 3.05) is 6.54 Å². The van der Waals surface area contributed by atoms with Gasteiger partial charge in [-0.3, -0.25) is 9.69 Å². The van der Waals surface area contributed by atoms with Crippen molar-refractivity contribution in [3.05, 3.63) is 58.0 Å². The van der Waals surface area contributed by atoms with Gasteiger partial charge >= 0.3 is 0 Å². The lowest BCUT2D eigenvalue weighted by Crippen LogP contribution is -2.35. The van der Waals surface area contributed by atoms with E-state index in [4.69, 9.17) is 0 Å². The monoisotopic (exact) mass is 337 g/mol. The number of aryl methyl sites for hydroxylation is 1. The van der Waals surface area contributed by atoms with Crippen LogP contribution in [0, 0.1) is 6.92 Å². The van der Waals surface area contributed by atoms with Crippen molar-refractivity contribution in [2.24, 2.45) is 7.05 Å². The summed E-state index contributed by atoms with van der Waals surface area (Å²) >= 11 is 0. The predicted octanol–water partition coefficient (Wildman–Crippen LogP) is 0.827. The molecule has 0 fully saturated rings. The molecule has 0 radical (unpaired) electrons. The average molecular weight is 337 g/mol. The van der Waals surface area contributed by atoms with E-state index in [1.165, 1.54) is 6.33 Å². The van der Waals surface area contributed by atoms with Crippen LogP contribution in [0.4, 0.5) is 0 Å². The fourth-order valence-corrected chi connectivity index (χ4v) is 3.10. The standard InChI is InChI=1S/C17H19N7O/c1-11-20-7-13(23(11)2)8-24-4-3-15-14(9-24)17(25)22-16(21-15)12-5-18-10-19-6-12/h5-7,10H,3-4,8-9H2,1-2H3,(H,21,22,25). The molecule has 0 bridgehead atoms. The Labute approximate surface area is 144 Å². The van der Waals surface area contributed by atoms with E-state index in [1.807, 2.05) is 20.2 Å². The van der Waals surface area contributed by atoms with E-state index in [0.717, 1.165) is 47.8 Å². The summed E-state index contributed by atoms with van der Waals surface area (Å²) in [6.45, 7) is 4.20. The summed E-state index contributed by atoms with van der Waals surface area (Å²) < 4.78 is 2.08. The minimum Gasteiger partial charge on any atom is -0.334 e. The summed E-state index contributed by atoms with van der Waals surface area (Å²) in [6.07, 6.45) is 7.40. The first-order chi connectivity index (χ1) is 12.1. The molecule has 0 aromatic carbocycles. The molecule has 4 rings (SSSR count). The average Bonchev–Trinajstić information content (AvgIpc) is 2.95. The Balaban J connectivity index is 1.60. The Morgan fingerprint density at radius 2 is 2.04 bits per heavy atom. The smallest absolute Gasteiger partial charge is 0.255 e. The van der Waals surface area contributed by atoms with Gasteiger partial charge in [-0.05, 0) is 6.92 Å². The largest absolute Gasteiger partial charge is 0.334 e. The van der Waals surface area contributed by atoms with Gasteiger partial charge < -0.3 is 9.55 Å². The fourth-order valence-electron chi connectivity index (χ4n) is 3.10. The third kappa shape index (κ3) is 2.96. The molecule has 3 aromatic heterocycles. The van der Waals surface area contributed by atoms with Crippen LogP contribution in [0.5, 0.6) is 0 Å². The number of imidazole rings is 1. The first kappa shape index (κ1) is 15.6. The van der Waals surface area contributed by atoms with Gasteiger partial charge in [-0.2, -0.15) is 0 Å². The molecule has 0 aliphatic carbocycles. The van der Waals surface area contributed by atoms with E-state index in [-0.39, 0.29) is 5.56 Å². The number of hydrogen-bond donors (Lipinski definition) is 1. The van der Waals surface area contributed by atoms with Gasteiger partial charge in [0, 0.05) is 51.7 Å². The van der Waals surface area contributed by atoms with E-state index in [2.05, 4.69) is 34.4 Å². The lowest BCUT2D eigenvalue weighted by molar-refractivity contribution is 0.236. The van der Waals surface area contributed by atoms with Gasteiger partial charge in [-0.1, -0.05) is 0 Å². The highest BCUT2D eigenvalue weighted by molar-refractivity contribution is 5.52. The summed E-state index contributed by atoms with van der Waals surface area (Å²) in [7, 11) is 2.01. The van der Waals surface area contributed by atoms with Crippen LogP contribution in [0.3, 0.4) is 0 Å². The molecule has 0 unspecified atom stereocenters. The maximum absolute atomic E-state index is 12.5. The number of aromatic nitrogens is 6. The molecule has 8 nitrogen and oxygen atoms in total. The number of rotatable bonds is 3. The van der Waals surface area contributed by atoms with E-state index < -0.39 is 0 Å². The van der Waals surface area contributed by atoms with Crippen LogP contribution >= 0.6 is 0 Å². The first-order valence-electron chi connectivity index (χ1n) is 8.19. The van der Waals surface area contributed by atoms with Crippen LogP contribution in [0.1, 0.15) is 22.8 Å². The zero-order valence-electron chi connectivity index (χ0n) is 14.2. The van der Waals surface area contributed by atoms with Gasteiger partial charge in [0.25, 0.3) is 5.56 Å². The van der Waals surface area contributed by atoms with E-state index in [9.17, 15) is 4.79 Å². The number of aromatic amines is 1. The van der Waals surface area contributed by atoms with Crippen LogP contribution in [-0.4, -0.2) is 40.9 Å². The highest BCUT2D eigenvalue weighted by atomic mass is 16.1.